The summed E-state index contributed by atoms with van der Waals surface area (Å²) >= 11 is 5.02. The fourth-order valence-electron chi connectivity index (χ4n) is 1.61. The van der Waals surface area contributed by atoms with Gasteiger partial charge in [0, 0.05) is 22.1 Å². The fraction of sp³-hybridized carbons (Fsp3) is 0.231. The molecule has 0 aromatic carbocycles. The van der Waals surface area contributed by atoms with Gasteiger partial charge in [0.15, 0.2) is 0 Å². The van der Waals surface area contributed by atoms with Crippen LogP contribution in [-0.4, -0.2) is 22.3 Å². The molecule has 0 atom stereocenters. The van der Waals surface area contributed by atoms with Gasteiger partial charge in [0.25, 0.3) is 5.91 Å². The molecule has 94 valence electrons. The van der Waals surface area contributed by atoms with Crippen LogP contribution in [0, 0.1) is 0 Å². The first-order chi connectivity index (χ1) is 8.72. The molecule has 1 amide bonds. The Morgan fingerprint density at radius 3 is 2.89 bits per heavy atom. The minimum absolute atomic E-state index is 0.0432. The van der Waals surface area contributed by atoms with Gasteiger partial charge in [0.05, 0.1) is 6.54 Å². The number of amides is 1. The van der Waals surface area contributed by atoms with E-state index in [1.807, 2.05) is 30.5 Å². The predicted molar refractivity (Wildman–Crippen MR) is 76.7 cm³/mol. The van der Waals surface area contributed by atoms with Crippen LogP contribution in [0.1, 0.15) is 22.3 Å². The SMILES string of the molecule is CCN(Cc1cccs1)C(=O)c1ncccc1Br. The highest BCUT2D eigenvalue weighted by atomic mass is 79.9. The minimum atomic E-state index is -0.0432. The number of thiophene rings is 1. The average Bonchev–Trinajstić information content (AvgIpc) is 2.88. The Labute approximate surface area is 119 Å². The summed E-state index contributed by atoms with van der Waals surface area (Å²) in [6.45, 7) is 3.28. The monoisotopic (exact) mass is 324 g/mol. The third-order valence-corrected chi connectivity index (χ3v) is 4.06. The quantitative estimate of drug-likeness (QED) is 0.861. The number of carbonyl (C=O) groups excluding carboxylic acids is 1. The van der Waals surface area contributed by atoms with Gasteiger partial charge in [0.2, 0.25) is 0 Å². The van der Waals surface area contributed by atoms with Crippen LogP contribution in [0.5, 0.6) is 0 Å². The number of nitrogens with zero attached hydrogens (tertiary/aromatic N) is 2. The number of aromatic nitrogens is 1. The Bertz CT molecular complexity index is 528. The van der Waals surface area contributed by atoms with E-state index < -0.39 is 0 Å². The van der Waals surface area contributed by atoms with E-state index in [1.165, 1.54) is 4.88 Å². The summed E-state index contributed by atoms with van der Waals surface area (Å²) in [5.41, 5.74) is 0.468. The van der Waals surface area contributed by atoms with Crippen LogP contribution in [-0.2, 0) is 6.54 Å². The second-order valence-corrected chi connectivity index (χ2v) is 5.62. The molecule has 0 spiro atoms. The maximum atomic E-state index is 12.4. The Hall–Kier alpha value is -1.20. The van der Waals surface area contributed by atoms with E-state index in [2.05, 4.69) is 20.9 Å². The van der Waals surface area contributed by atoms with Crippen molar-refractivity contribution < 1.29 is 4.79 Å². The molecule has 2 heterocycles. The van der Waals surface area contributed by atoms with Crippen molar-refractivity contribution in [2.45, 2.75) is 13.5 Å². The zero-order valence-electron chi connectivity index (χ0n) is 9.97. The number of hydrogen-bond acceptors (Lipinski definition) is 3. The number of hydrogen-bond donors (Lipinski definition) is 0. The molecule has 2 aromatic rings. The summed E-state index contributed by atoms with van der Waals surface area (Å²) in [5, 5.41) is 2.02. The molecule has 0 aliphatic heterocycles. The molecule has 5 heteroatoms. The van der Waals surface area contributed by atoms with E-state index in [9.17, 15) is 4.79 Å². The van der Waals surface area contributed by atoms with Crippen LogP contribution in [0.2, 0.25) is 0 Å². The zero-order chi connectivity index (χ0) is 13.0. The topological polar surface area (TPSA) is 33.2 Å². The fourth-order valence-corrected chi connectivity index (χ4v) is 2.75. The Morgan fingerprint density at radius 2 is 2.28 bits per heavy atom. The molecule has 2 aromatic heterocycles. The summed E-state index contributed by atoms with van der Waals surface area (Å²) in [7, 11) is 0. The van der Waals surface area contributed by atoms with Crippen molar-refractivity contribution in [1.29, 1.82) is 0 Å². The van der Waals surface area contributed by atoms with E-state index in [-0.39, 0.29) is 5.91 Å². The number of rotatable bonds is 4. The summed E-state index contributed by atoms with van der Waals surface area (Å²) < 4.78 is 0.736. The summed E-state index contributed by atoms with van der Waals surface area (Å²) in [6, 6.07) is 7.67. The van der Waals surface area contributed by atoms with Crippen LogP contribution < -0.4 is 0 Å². The lowest BCUT2D eigenvalue weighted by atomic mass is 10.3. The van der Waals surface area contributed by atoms with Crippen molar-refractivity contribution >= 4 is 33.2 Å². The highest BCUT2D eigenvalue weighted by molar-refractivity contribution is 9.10. The first kappa shape index (κ1) is 13.2. The van der Waals surface area contributed by atoms with Crippen LogP contribution in [0.3, 0.4) is 0 Å². The standard InChI is InChI=1S/C13H13BrN2OS/c1-2-16(9-10-5-4-8-18-10)13(17)12-11(14)6-3-7-15-12/h3-8H,2,9H2,1H3. The van der Waals surface area contributed by atoms with Crippen molar-refractivity contribution in [1.82, 2.24) is 9.88 Å². The van der Waals surface area contributed by atoms with Gasteiger partial charge >= 0.3 is 0 Å². The normalized spacial score (nSPS) is 10.3. The molecule has 3 nitrogen and oxygen atoms in total. The maximum absolute atomic E-state index is 12.4. The molecule has 0 aliphatic carbocycles. The highest BCUT2D eigenvalue weighted by Crippen LogP contribution is 2.18. The van der Waals surface area contributed by atoms with Gasteiger partial charge in [-0.2, -0.15) is 0 Å². The molecule has 2 rings (SSSR count). The number of pyridine rings is 1. The maximum Gasteiger partial charge on any atom is 0.273 e. The lowest BCUT2D eigenvalue weighted by Crippen LogP contribution is -2.30. The van der Waals surface area contributed by atoms with Crippen LogP contribution in [0.15, 0.2) is 40.3 Å². The van der Waals surface area contributed by atoms with Gasteiger partial charge in [0.1, 0.15) is 5.69 Å². The van der Waals surface area contributed by atoms with Gasteiger partial charge in [-0.05, 0) is 46.4 Å². The van der Waals surface area contributed by atoms with Crippen LogP contribution >= 0.6 is 27.3 Å². The lowest BCUT2D eigenvalue weighted by molar-refractivity contribution is 0.0747. The van der Waals surface area contributed by atoms with E-state index in [0.717, 1.165) is 4.47 Å². The van der Waals surface area contributed by atoms with E-state index >= 15 is 0 Å². The van der Waals surface area contributed by atoms with Crippen molar-refractivity contribution in [2.24, 2.45) is 0 Å². The van der Waals surface area contributed by atoms with Gasteiger partial charge in [-0.1, -0.05) is 6.07 Å². The summed E-state index contributed by atoms with van der Waals surface area (Å²) in [6.07, 6.45) is 1.64. The smallest absolute Gasteiger partial charge is 0.273 e. The number of carbonyl (C=O) groups is 1. The Balaban J connectivity index is 2.18. The molecule has 0 saturated carbocycles. The molecule has 18 heavy (non-hydrogen) atoms. The van der Waals surface area contributed by atoms with Crippen LogP contribution in [0.4, 0.5) is 0 Å². The van der Waals surface area contributed by atoms with Crippen molar-refractivity contribution in [2.75, 3.05) is 6.54 Å². The minimum Gasteiger partial charge on any atom is -0.332 e. The van der Waals surface area contributed by atoms with Crippen LogP contribution in [0.25, 0.3) is 0 Å². The summed E-state index contributed by atoms with van der Waals surface area (Å²) in [4.78, 5) is 19.5. The zero-order valence-corrected chi connectivity index (χ0v) is 12.4. The first-order valence-corrected chi connectivity index (χ1v) is 7.31. The highest BCUT2D eigenvalue weighted by Gasteiger charge is 2.18. The second-order valence-electron chi connectivity index (χ2n) is 3.73. The Morgan fingerprint density at radius 1 is 1.44 bits per heavy atom. The molecule has 0 radical (unpaired) electrons. The first-order valence-electron chi connectivity index (χ1n) is 5.64. The third kappa shape index (κ3) is 2.97. The Kier molecular flexibility index (Phi) is 4.49. The molecular weight excluding hydrogens is 312 g/mol. The van der Waals surface area contributed by atoms with Gasteiger partial charge in [-0.15, -0.1) is 11.3 Å². The summed E-state index contributed by atoms with van der Waals surface area (Å²) in [5.74, 6) is -0.0432. The largest absolute Gasteiger partial charge is 0.332 e. The van der Waals surface area contributed by atoms with E-state index in [0.29, 0.717) is 18.8 Å². The molecule has 0 N–H and O–H groups in total. The lowest BCUT2D eigenvalue weighted by Gasteiger charge is -2.20. The molecule has 0 fully saturated rings. The number of halogens is 1. The predicted octanol–water partition coefficient (Wildman–Crippen LogP) is 3.57. The van der Waals surface area contributed by atoms with Gasteiger partial charge in [-0.25, -0.2) is 4.98 Å². The molecule has 0 aliphatic rings. The van der Waals surface area contributed by atoms with Crippen molar-refractivity contribution in [3.05, 3.63) is 50.9 Å². The van der Waals surface area contributed by atoms with E-state index in [1.54, 1.807) is 28.5 Å². The third-order valence-electron chi connectivity index (χ3n) is 2.56. The molecular formula is C13H13BrN2OS. The van der Waals surface area contributed by atoms with Gasteiger partial charge in [-0.3, -0.25) is 4.79 Å². The van der Waals surface area contributed by atoms with Crippen molar-refractivity contribution in [3.63, 3.8) is 0 Å². The van der Waals surface area contributed by atoms with E-state index in [4.69, 9.17) is 0 Å². The second kappa shape index (κ2) is 6.11. The van der Waals surface area contributed by atoms with Gasteiger partial charge < -0.3 is 4.90 Å². The van der Waals surface area contributed by atoms with Crippen molar-refractivity contribution in [3.8, 4) is 0 Å². The average molecular weight is 325 g/mol. The molecule has 0 unspecified atom stereocenters. The molecule has 0 bridgehead atoms. The molecule has 0 saturated heterocycles.